The predicted molar refractivity (Wildman–Crippen MR) is 133 cm³/mol. The summed E-state index contributed by atoms with van der Waals surface area (Å²) >= 11 is 0. The Bertz CT molecular complexity index is 881. The first-order chi connectivity index (χ1) is 14.2. The third-order valence-electron chi connectivity index (χ3n) is 5.16. The van der Waals surface area contributed by atoms with E-state index < -0.39 is 11.8 Å². The van der Waals surface area contributed by atoms with Crippen molar-refractivity contribution >= 4 is 35.8 Å². The van der Waals surface area contributed by atoms with Crippen molar-refractivity contribution in [3.8, 4) is 0 Å². The summed E-state index contributed by atoms with van der Waals surface area (Å²) in [7, 11) is 1.94. The molecule has 0 fully saturated rings. The highest BCUT2D eigenvalue weighted by atomic mass is 127. The number of hydrogen-bond acceptors (Lipinski definition) is 3. The molecule has 2 rings (SSSR count). The van der Waals surface area contributed by atoms with Crippen molar-refractivity contribution in [2.24, 2.45) is 23.7 Å². The van der Waals surface area contributed by atoms with E-state index in [4.69, 9.17) is 5.73 Å². The topological polar surface area (TPSA) is 97.3 Å². The smallest absolute Gasteiger partial charge is 0.222 e. The summed E-state index contributed by atoms with van der Waals surface area (Å²) in [6.45, 7) is 9.10. The van der Waals surface area contributed by atoms with Gasteiger partial charge in [0.25, 0.3) is 0 Å². The average molecular weight is 544 g/mol. The molecule has 4 N–H and O–H groups in total. The van der Waals surface area contributed by atoms with Crippen molar-refractivity contribution in [2.75, 3.05) is 13.1 Å². The minimum atomic E-state index is -0.468. The summed E-state index contributed by atoms with van der Waals surface area (Å²) in [5, 5.41) is 11.1. The second-order valence-electron chi connectivity index (χ2n) is 7.67. The number of halogens is 2. The highest BCUT2D eigenvalue weighted by Crippen LogP contribution is 2.14. The number of carbonyl (C=O) groups excluding carboxylic acids is 1. The number of rotatable bonds is 9. The lowest BCUT2D eigenvalue weighted by Gasteiger charge is -2.19. The van der Waals surface area contributed by atoms with Crippen molar-refractivity contribution in [3.05, 3.63) is 52.6 Å². The Hall–Kier alpha value is -2.17. The van der Waals surface area contributed by atoms with Gasteiger partial charge in [-0.1, -0.05) is 12.1 Å². The number of carbonyl (C=O) groups is 1. The Morgan fingerprint density at radius 3 is 2.42 bits per heavy atom. The molecule has 31 heavy (non-hydrogen) atoms. The van der Waals surface area contributed by atoms with Gasteiger partial charge >= 0.3 is 0 Å². The molecule has 2 unspecified atom stereocenters. The molecule has 1 aromatic carbocycles. The first kappa shape index (κ1) is 26.9. The fourth-order valence-electron chi connectivity index (χ4n) is 3.39. The number of hydrogen-bond donors (Lipinski definition) is 3. The molecule has 172 valence electrons. The zero-order valence-electron chi connectivity index (χ0n) is 18.9. The van der Waals surface area contributed by atoms with Gasteiger partial charge < -0.3 is 16.4 Å². The van der Waals surface area contributed by atoms with Gasteiger partial charge in [0.1, 0.15) is 5.82 Å². The van der Waals surface area contributed by atoms with E-state index >= 15 is 0 Å². The Balaban J connectivity index is 0.00000480. The molecule has 0 saturated carbocycles. The number of nitrogens with zero attached hydrogens (tertiary/aromatic N) is 3. The molecule has 2 aromatic rings. The van der Waals surface area contributed by atoms with Gasteiger partial charge in [0.15, 0.2) is 5.96 Å². The lowest BCUT2D eigenvalue weighted by molar-refractivity contribution is -0.121. The van der Waals surface area contributed by atoms with E-state index in [1.54, 1.807) is 12.1 Å². The summed E-state index contributed by atoms with van der Waals surface area (Å²) < 4.78 is 15.0. The van der Waals surface area contributed by atoms with Crippen LogP contribution in [0.25, 0.3) is 0 Å². The van der Waals surface area contributed by atoms with Gasteiger partial charge in [-0.15, -0.1) is 24.0 Å². The number of benzene rings is 1. The molecule has 0 bridgehead atoms. The van der Waals surface area contributed by atoms with Crippen LogP contribution in [0, 0.1) is 25.6 Å². The average Bonchev–Trinajstić information content (AvgIpc) is 2.92. The number of guanidine groups is 1. The Morgan fingerprint density at radius 1 is 1.26 bits per heavy atom. The van der Waals surface area contributed by atoms with Gasteiger partial charge in [0.05, 0.1) is 18.2 Å². The summed E-state index contributed by atoms with van der Waals surface area (Å²) in [6, 6.07) is 6.21. The third-order valence-corrected chi connectivity index (χ3v) is 5.16. The summed E-state index contributed by atoms with van der Waals surface area (Å²) in [5.41, 5.74) is 9.83. The van der Waals surface area contributed by atoms with E-state index in [1.165, 1.54) is 17.7 Å². The number of nitrogens with one attached hydrogen (secondary N) is 2. The molecular weight excluding hydrogens is 510 g/mol. The van der Waals surface area contributed by atoms with Crippen LogP contribution in [0.5, 0.6) is 0 Å². The van der Waals surface area contributed by atoms with Crippen LogP contribution in [-0.2, 0) is 24.7 Å². The maximum Gasteiger partial charge on any atom is 0.222 e. The van der Waals surface area contributed by atoms with Crippen molar-refractivity contribution < 1.29 is 9.18 Å². The number of nitrogens with two attached hydrogens (primary N) is 1. The standard InChI is InChI=1S/C22H33FN6O.HI/c1-6-25-22(27-14(2)11-20-15(3)28-29(5)16(20)4)26-13-18(21(24)30)12-17-7-9-19(23)10-8-17;/h7-10,14,18H,6,11-13H2,1-5H3,(H2,24,30)(H2,25,26,27);1H. The van der Waals surface area contributed by atoms with E-state index in [0.717, 1.165) is 23.4 Å². The zero-order chi connectivity index (χ0) is 22.3. The predicted octanol–water partition coefficient (Wildman–Crippen LogP) is 2.62. The molecule has 0 aliphatic heterocycles. The fourth-order valence-corrected chi connectivity index (χ4v) is 3.39. The Morgan fingerprint density at radius 2 is 1.90 bits per heavy atom. The number of primary amides is 1. The van der Waals surface area contributed by atoms with Crippen LogP contribution < -0.4 is 16.4 Å². The van der Waals surface area contributed by atoms with Crippen molar-refractivity contribution in [1.82, 2.24) is 20.4 Å². The molecule has 2 atom stereocenters. The van der Waals surface area contributed by atoms with Crippen LogP contribution in [0.15, 0.2) is 29.3 Å². The first-order valence-corrected chi connectivity index (χ1v) is 10.3. The highest BCUT2D eigenvalue weighted by molar-refractivity contribution is 14.0. The molecule has 1 heterocycles. The molecular formula is C22H34FIN6O. The van der Waals surface area contributed by atoms with Crippen LogP contribution >= 0.6 is 24.0 Å². The lowest BCUT2D eigenvalue weighted by Crippen LogP contribution is -2.43. The normalized spacial score (nSPS) is 13.3. The van der Waals surface area contributed by atoms with Gasteiger partial charge in [0, 0.05) is 25.3 Å². The van der Waals surface area contributed by atoms with Crippen LogP contribution in [-0.4, -0.2) is 40.8 Å². The number of aliphatic imine (C=N–C) groups is 1. The Labute approximate surface area is 201 Å². The number of amides is 1. The molecule has 0 aliphatic rings. The number of aryl methyl sites for hydroxylation is 2. The molecule has 7 nitrogen and oxygen atoms in total. The number of aromatic nitrogens is 2. The molecule has 0 aliphatic carbocycles. The largest absolute Gasteiger partial charge is 0.369 e. The van der Waals surface area contributed by atoms with Gasteiger partial charge in [-0.05, 0) is 63.8 Å². The van der Waals surface area contributed by atoms with Gasteiger partial charge in [-0.2, -0.15) is 5.10 Å². The van der Waals surface area contributed by atoms with E-state index in [1.807, 2.05) is 25.6 Å². The minimum Gasteiger partial charge on any atom is -0.369 e. The minimum absolute atomic E-state index is 0. The van der Waals surface area contributed by atoms with E-state index in [9.17, 15) is 9.18 Å². The Kier molecular flexibility index (Phi) is 10.9. The molecule has 0 saturated heterocycles. The van der Waals surface area contributed by atoms with Gasteiger partial charge in [-0.25, -0.2) is 4.39 Å². The van der Waals surface area contributed by atoms with Crippen LogP contribution in [0.2, 0.25) is 0 Å². The lowest BCUT2D eigenvalue weighted by atomic mass is 9.99. The van der Waals surface area contributed by atoms with Crippen molar-refractivity contribution in [2.45, 2.75) is 46.6 Å². The van der Waals surface area contributed by atoms with E-state index in [-0.39, 0.29) is 42.4 Å². The SMILES string of the molecule is CCNC(=NCC(Cc1ccc(F)cc1)C(N)=O)NC(C)Cc1c(C)nn(C)c1C.I. The molecule has 1 aromatic heterocycles. The van der Waals surface area contributed by atoms with Gasteiger partial charge in [0.2, 0.25) is 5.91 Å². The van der Waals surface area contributed by atoms with Crippen LogP contribution in [0.4, 0.5) is 4.39 Å². The zero-order valence-corrected chi connectivity index (χ0v) is 21.2. The molecule has 0 radical (unpaired) electrons. The first-order valence-electron chi connectivity index (χ1n) is 10.3. The summed E-state index contributed by atoms with van der Waals surface area (Å²) in [4.78, 5) is 16.5. The monoisotopic (exact) mass is 544 g/mol. The van der Waals surface area contributed by atoms with Crippen LogP contribution in [0.1, 0.15) is 36.4 Å². The molecule has 1 amide bonds. The summed E-state index contributed by atoms with van der Waals surface area (Å²) in [5.74, 6) is -0.564. The van der Waals surface area contributed by atoms with Crippen molar-refractivity contribution in [1.29, 1.82) is 0 Å². The fraction of sp³-hybridized carbons (Fsp3) is 0.500. The molecule has 9 heteroatoms. The van der Waals surface area contributed by atoms with Gasteiger partial charge in [-0.3, -0.25) is 14.5 Å². The third kappa shape index (κ3) is 8.12. The van der Waals surface area contributed by atoms with Crippen molar-refractivity contribution in [3.63, 3.8) is 0 Å². The quantitative estimate of drug-likeness (QED) is 0.257. The van der Waals surface area contributed by atoms with Crippen LogP contribution in [0.3, 0.4) is 0 Å². The van der Waals surface area contributed by atoms with E-state index in [0.29, 0.717) is 18.9 Å². The maximum absolute atomic E-state index is 13.1. The second-order valence-corrected chi connectivity index (χ2v) is 7.67. The maximum atomic E-state index is 13.1. The second kappa shape index (κ2) is 12.6. The summed E-state index contributed by atoms with van der Waals surface area (Å²) in [6.07, 6.45) is 1.23. The molecule has 0 spiro atoms. The van der Waals surface area contributed by atoms with E-state index in [2.05, 4.69) is 34.6 Å². The highest BCUT2D eigenvalue weighted by Gasteiger charge is 2.17.